The zero-order valence-corrected chi connectivity index (χ0v) is 17.2. The fourth-order valence-electron chi connectivity index (χ4n) is 2.85. The van der Waals surface area contributed by atoms with Crippen LogP contribution in [0.4, 0.5) is 10.1 Å². The number of anilines is 1. The lowest BCUT2D eigenvalue weighted by Gasteiger charge is -2.19. The van der Waals surface area contributed by atoms with Crippen LogP contribution in [0.2, 0.25) is 0 Å². The van der Waals surface area contributed by atoms with Crippen molar-refractivity contribution in [3.05, 3.63) is 52.4 Å². The van der Waals surface area contributed by atoms with Gasteiger partial charge in [0.15, 0.2) is 10.6 Å². The average Bonchev–Trinajstić information content (AvgIpc) is 3.33. The maximum absolute atomic E-state index is 13.8. The van der Waals surface area contributed by atoms with Crippen LogP contribution in [0, 0.1) is 10.6 Å². The minimum absolute atomic E-state index is 0.0474. The predicted octanol–water partition coefficient (Wildman–Crippen LogP) is 3.84. The van der Waals surface area contributed by atoms with E-state index in [1.165, 1.54) is 6.07 Å². The molecule has 1 amide bonds. The van der Waals surface area contributed by atoms with E-state index in [-0.39, 0.29) is 11.7 Å². The molecule has 0 aliphatic rings. The van der Waals surface area contributed by atoms with E-state index in [2.05, 4.69) is 15.5 Å². The first-order valence-corrected chi connectivity index (χ1v) is 10.3. The highest BCUT2D eigenvalue weighted by atomic mass is 32.1. The van der Waals surface area contributed by atoms with Gasteiger partial charge in [-0.2, -0.15) is 5.10 Å². The van der Waals surface area contributed by atoms with Gasteiger partial charge < -0.3 is 10.2 Å². The van der Waals surface area contributed by atoms with Crippen LogP contribution in [0.25, 0.3) is 10.7 Å². The number of benzene rings is 1. The number of nitrogens with zero attached hydrogens (tertiary/aromatic N) is 3. The molecule has 0 fully saturated rings. The van der Waals surface area contributed by atoms with Crippen molar-refractivity contribution in [3.63, 3.8) is 0 Å². The molecule has 2 N–H and O–H groups in total. The molecule has 0 unspecified atom stereocenters. The molecule has 6 nitrogen and oxygen atoms in total. The summed E-state index contributed by atoms with van der Waals surface area (Å²) in [5.41, 5.74) is 0.560. The minimum atomic E-state index is -0.243. The molecule has 0 bridgehead atoms. The number of thiophene rings is 1. The van der Waals surface area contributed by atoms with Gasteiger partial charge >= 0.3 is 0 Å². The van der Waals surface area contributed by atoms with Crippen molar-refractivity contribution >= 4 is 35.1 Å². The molecule has 1 aromatic carbocycles. The topological polar surface area (TPSA) is 66.0 Å². The second kappa shape index (κ2) is 9.61. The molecule has 0 saturated carbocycles. The van der Waals surface area contributed by atoms with Gasteiger partial charge in [-0.3, -0.25) is 14.5 Å². The number of carbonyl (C=O) groups excluding carboxylic acids is 1. The van der Waals surface area contributed by atoms with Crippen LogP contribution in [0.3, 0.4) is 0 Å². The molecule has 0 spiro atoms. The summed E-state index contributed by atoms with van der Waals surface area (Å²) in [7, 11) is 1.84. The molecular weight excluding hydrogens is 397 g/mol. The lowest BCUT2D eigenvalue weighted by Crippen LogP contribution is -2.29. The molecule has 3 aromatic rings. The normalized spacial score (nSPS) is 10.8. The highest BCUT2D eigenvalue weighted by molar-refractivity contribution is 7.71. The highest BCUT2D eigenvalue weighted by Crippen LogP contribution is 2.22. The number of rotatable bonds is 9. The molecule has 0 radical (unpaired) electrons. The van der Waals surface area contributed by atoms with Gasteiger partial charge in [0.05, 0.1) is 10.6 Å². The van der Waals surface area contributed by atoms with Crippen molar-refractivity contribution in [1.82, 2.24) is 20.1 Å². The maximum Gasteiger partial charge on any atom is 0.221 e. The minimum Gasteiger partial charge on any atom is -0.372 e. The van der Waals surface area contributed by atoms with Gasteiger partial charge in [0.1, 0.15) is 5.82 Å². The van der Waals surface area contributed by atoms with Gasteiger partial charge in [0.2, 0.25) is 5.91 Å². The monoisotopic (exact) mass is 419 g/mol. The van der Waals surface area contributed by atoms with Crippen LogP contribution in [0.5, 0.6) is 0 Å². The van der Waals surface area contributed by atoms with Gasteiger partial charge in [0, 0.05) is 33.1 Å². The lowest BCUT2D eigenvalue weighted by molar-refractivity contribution is -0.121. The zero-order chi connectivity index (χ0) is 19.9. The van der Waals surface area contributed by atoms with Crippen LogP contribution in [-0.4, -0.2) is 40.8 Å². The third-order valence-corrected chi connectivity index (χ3v) is 5.50. The SMILES string of the molecule is CN(CCCNC(=O)CCn1c(-c2cccs2)n[nH]c1=S)c1ccccc1F. The van der Waals surface area contributed by atoms with Crippen LogP contribution >= 0.6 is 23.6 Å². The summed E-state index contributed by atoms with van der Waals surface area (Å²) in [6.07, 6.45) is 1.04. The van der Waals surface area contributed by atoms with Crippen molar-refractivity contribution in [2.24, 2.45) is 0 Å². The Morgan fingerprint density at radius 1 is 1.36 bits per heavy atom. The van der Waals surface area contributed by atoms with Crippen molar-refractivity contribution in [3.8, 4) is 10.7 Å². The smallest absolute Gasteiger partial charge is 0.221 e. The van der Waals surface area contributed by atoms with E-state index < -0.39 is 0 Å². The summed E-state index contributed by atoms with van der Waals surface area (Å²) < 4.78 is 16.1. The van der Waals surface area contributed by atoms with E-state index in [0.717, 1.165) is 17.1 Å². The fraction of sp³-hybridized carbons (Fsp3) is 0.316. The molecule has 148 valence electrons. The number of amides is 1. The zero-order valence-electron chi connectivity index (χ0n) is 15.5. The van der Waals surface area contributed by atoms with Crippen molar-refractivity contribution in [1.29, 1.82) is 0 Å². The summed E-state index contributed by atoms with van der Waals surface area (Å²) in [5, 5.41) is 11.9. The Labute approximate surface area is 172 Å². The van der Waals surface area contributed by atoms with E-state index in [9.17, 15) is 9.18 Å². The standard InChI is InChI=1S/C19H22FN5OS2/c1-24(15-7-3-2-6-14(15)20)11-5-10-21-17(26)9-12-25-18(22-23-19(25)27)16-8-4-13-28-16/h2-4,6-8,13H,5,9-12H2,1H3,(H,21,26)(H,23,27). The van der Waals surface area contributed by atoms with E-state index in [0.29, 0.717) is 36.5 Å². The number of aromatic amines is 1. The Kier molecular flexibility index (Phi) is 6.94. The first-order valence-electron chi connectivity index (χ1n) is 8.97. The van der Waals surface area contributed by atoms with Crippen LogP contribution < -0.4 is 10.2 Å². The number of H-pyrrole nitrogens is 1. The molecule has 0 saturated heterocycles. The molecule has 2 aromatic heterocycles. The summed E-state index contributed by atoms with van der Waals surface area (Å²) in [4.78, 5) is 15.0. The summed E-state index contributed by atoms with van der Waals surface area (Å²) >= 11 is 6.85. The number of nitrogens with one attached hydrogen (secondary N) is 2. The van der Waals surface area contributed by atoms with Crippen molar-refractivity contribution in [2.45, 2.75) is 19.4 Å². The number of para-hydroxylation sites is 1. The fourth-order valence-corrected chi connectivity index (χ4v) is 3.79. The van der Waals surface area contributed by atoms with Crippen LogP contribution in [-0.2, 0) is 11.3 Å². The Balaban J connectivity index is 1.43. The predicted molar refractivity (Wildman–Crippen MR) is 113 cm³/mol. The quantitative estimate of drug-likeness (QED) is 0.409. The molecule has 0 aliphatic heterocycles. The second-order valence-electron chi connectivity index (χ2n) is 6.31. The molecule has 9 heteroatoms. The lowest BCUT2D eigenvalue weighted by atomic mass is 10.2. The molecule has 0 atom stereocenters. The summed E-state index contributed by atoms with van der Waals surface area (Å²) in [6.45, 7) is 1.65. The molecule has 3 rings (SSSR count). The Hall–Kier alpha value is -2.52. The molecular formula is C19H22FN5OS2. The van der Waals surface area contributed by atoms with E-state index in [1.54, 1.807) is 23.5 Å². The third-order valence-electron chi connectivity index (χ3n) is 4.32. The molecule has 28 heavy (non-hydrogen) atoms. The van der Waals surface area contributed by atoms with Gasteiger partial charge in [-0.15, -0.1) is 11.3 Å². The molecule has 2 heterocycles. The van der Waals surface area contributed by atoms with Crippen molar-refractivity contribution < 1.29 is 9.18 Å². The number of hydrogen-bond donors (Lipinski definition) is 2. The van der Waals surface area contributed by atoms with Gasteiger partial charge in [-0.1, -0.05) is 18.2 Å². The van der Waals surface area contributed by atoms with Gasteiger partial charge in [-0.25, -0.2) is 4.39 Å². The van der Waals surface area contributed by atoms with E-state index in [4.69, 9.17) is 12.2 Å². The van der Waals surface area contributed by atoms with Gasteiger partial charge in [0.25, 0.3) is 0 Å². The number of carbonyl (C=O) groups is 1. The molecule has 0 aliphatic carbocycles. The Bertz CT molecular complexity index is 967. The second-order valence-corrected chi connectivity index (χ2v) is 7.64. The summed E-state index contributed by atoms with van der Waals surface area (Å²) in [5.74, 6) is 0.459. The van der Waals surface area contributed by atoms with Crippen molar-refractivity contribution in [2.75, 3.05) is 25.0 Å². The Morgan fingerprint density at radius 2 is 2.18 bits per heavy atom. The average molecular weight is 420 g/mol. The van der Waals surface area contributed by atoms with Crippen LogP contribution in [0.15, 0.2) is 41.8 Å². The number of hydrogen-bond acceptors (Lipinski definition) is 5. The highest BCUT2D eigenvalue weighted by Gasteiger charge is 2.11. The number of halogens is 1. The Morgan fingerprint density at radius 3 is 2.93 bits per heavy atom. The largest absolute Gasteiger partial charge is 0.372 e. The van der Waals surface area contributed by atoms with E-state index >= 15 is 0 Å². The van der Waals surface area contributed by atoms with Crippen LogP contribution in [0.1, 0.15) is 12.8 Å². The first kappa shape index (κ1) is 20.2. The third kappa shape index (κ3) is 5.05. The summed E-state index contributed by atoms with van der Waals surface area (Å²) in [6, 6.07) is 10.6. The van der Waals surface area contributed by atoms with Gasteiger partial charge in [-0.05, 0) is 42.2 Å². The number of aromatic nitrogens is 3. The first-order chi connectivity index (χ1) is 13.6. The van der Waals surface area contributed by atoms with E-state index in [1.807, 2.05) is 40.1 Å². The maximum atomic E-state index is 13.8.